The van der Waals surface area contributed by atoms with Gasteiger partial charge >= 0.3 is 12.2 Å². The molecule has 1 rings (SSSR count). The third kappa shape index (κ3) is 5.62. The van der Waals surface area contributed by atoms with Crippen LogP contribution in [-0.4, -0.2) is 22.4 Å². The molecule has 0 fully saturated rings. The van der Waals surface area contributed by atoms with E-state index in [1.165, 1.54) is 0 Å². The Hall–Kier alpha value is -1.95. The van der Waals surface area contributed by atoms with E-state index < -0.39 is 12.2 Å². The van der Waals surface area contributed by atoms with E-state index in [0.29, 0.717) is 0 Å². The van der Waals surface area contributed by atoms with Gasteiger partial charge in [0.05, 0.1) is 0 Å². The number of amides is 2. The molecule has 0 saturated carbocycles. The molecule has 7 heteroatoms. The van der Waals surface area contributed by atoms with Crippen LogP contribution in [0.15, 0.2) is 24.3 Å². The predicted octanol–water partition coefficient (Wildman–Crippen LogP) is 1.64. The second-order valence-electron chi connectivity index (χ2n) is 3.09. The van der Waals surface area contributed by atoms with Crippen molar-refractivity contribution in [2.24, 2.45) is 0 Å². The molecule has 0 aliphatic rings. The fourth-order valence-electron chi connectivity index (χ4n) is 1.24. The van der Waals surface area contributed by atoms with E-state index in [1.807, 2.05) is 0 Å². The fraction of sp³-hybridized carbons (Fsp3) is 0.200. The number of carboxylic acid groups (broad SMARTS) is 2. The minimum absolute atomic E-state index is 0. The number of carbonyl (C=O) groups is 2. The van der Waals surface area contributed by atoms with Crippen molar-refractivity contribution in [1.29, 1.82) is 0 Å². The fourth-order valence-corrected chi connectivity index (χ4v) is 1.24. The largest absolute Gasteiger partial charge is 0.465 e. The van der Waals surface area contributed by atoms with Gasteiger partial charge in [-0.05, 0) is 11.1 Å². The molecule has 0 aromatic heterocycles. The maximum Gasteiger partial charge on any atom is 0.404 e. The highest BCUT2D eigenvalue weighted by atomic mass is 35.5. The first kappa shape index (κ1) is 15.0. The number of halogens is 1. The monoisotopic (exact) mass is 260 g/mol. The Kier molecular flexibility index (Phi) is 6.50. The highest BCUT2D eigenvalue weighted by Crippen LogP contribution is 2.08. The lowest BCUT2D eigenvalue weighted by atomic mass is 10.1. The summed E-state index contributed by atoms with van der Waals surface area (Å²) in [5.74, 6) is 0. The van der Waals surface area contributed by atoms with Gasteiger partial charge in [0.2, 0.25) is 0 Å². The van der Waals surface area contributed by atoms with E-state index in [0.717, 1.165) is 11.1 Å². The van der Waals surface area contributed by atoms with Crippen LogP contribution in [0, 0.1) is 0 Å². The van der Waals surface area contributed by atoms with Crippen molar-refractivity contribution in [2.75, 3.05) is 0 Å². The summed E-state index contributed by atoms with van der Waals surface area (Å²) in [4.78, 5) is 20.7. The molecule has 0 saturated heterocycles. The average molecular weight is 261 g/mol. The molecule has 0 aliphatic carbocycles. The Morgan fingerprint density at radius 1 is 0.941 bits per heavy atom. The number of nitrogens with one attached hydrogen (secondary N) is 2. The third-order valence-corrected chi connectivity index (χ3v) is 1.98. The normalized spacial score (nSPS) is 8.94. The molecule has 0 unspecified atom stereocenters. The first-order valence-corrected chi connectivity index (χ1v) is 4.60. The second kappa shape index (κ2) is 7.34. The Balaban J connectivity index is 0.00000256. The molecule has 2 amide bonds. The predicted molar refractivity (Wildman–Crippen MR) is 63.4 cm³/mol. The van der Waals surface area contributed by atoms with E-state index in [2.05, 4.69) is 10.6 Å². The minimum Gasteiger partial charge on any atom is -0.465 e. The third-order valence-electron chi connectivity index (χ3n) is 1.98. The summed E-state index contributed by atoms with van der Waals surface area (Å²) in [6, 6.07) is 7.02. The van der Waals surface area contributed by atoms with Crippen LogP contribution in [0.5, 0.6) is 0 Å². The van der Waals surface area contributed by atoms with Crippen molar-refractivity contribution in [2.45, 2.75) is 13.1 Å². The van der Waals surface area contributed by atoms with Crippen LogP contribution in [0.4, 0.5) is 9.59 Å². The zero-order valence-electron chi connectivity index (χ0n) is 8.84. The Bertz CT molecular complexity index is 361. The smallest absolute Gasteiger partial charge is 0.404 e. The van der Waals surface area contributed by atoms with Crippen LogP contribution in [0.1, 0.15) is 11.1 Å². The first-order chi connectivity index (χ1) is 7.59. The number of hydrogen-bond donors (Lipinski definition) is 4. The summed E-state index contributed by atoms with van der Waals surface area (Å²) in [5, 5.41) is 21.4. The summed E-state index contributed by atoms with van der Waals surface area (Å²) in [6.45, 7) is 0.319. The summed E-state index contributed by atoms with van der Waals surface area (Å²) < 4.78 is 0. The van der Waals surface area contributed by atoms with Gasteiger partial charge in [-0.15, -0.1) is 12.4 Å². The quantitative estimate of drug-likeness (QED) is 0.661. The molecule has 0 atom stereocenters. The molecule has 0 bridgehead atoms. The van der Waals surface area contributed by atoms with Gasteiger partial charge in [-0.2, -0.15) is 0 Å². The van der Waals surface area contributed by atoms with Crippen molar-refractivity contribution in [3.63, 3.8) is 0 Å². The maximum absolute atomic E-state index is 10.3. The Morgan fingerprint density at radius 3 is 1.59 bits per heavy atom. The van der Waals surface area contributed by atoms with E-state index in [-0.39, 0.29) is 25.5 Å². The molecule has 1 aromatic rings. The average Bonchev–Trinajstić information content (AvgIpc) is 2.24. The molecule has 0 radical (unpaired) electrons. The highest BCUT2D eigenvalue weighted by molar-refractivity contribution is 5.85. The van der Waals surface area contributed by atoms with E-state index >= 15 is 0 Å². The van der Waals surface area contributed by atoms with Crippen molar-refractivity contribution < 1.29 is 19.8 Å². The summed E-state index contributed by atoms with van der Waals surface area (Å²) >= 11 is 0. The highest BCUT2D eigenvalue weighted by Gasteiger charge is 2.04. The Labute approximate surface area is 104 Å². The van der Waals surface area contributed by atoms with Crippen molar-refractivity contribution in [3.8, 4) is 0 Å². The van der Waals surface area contributed by atoms with Crippen LogP contribution in [0.2, 0.25) is 0 Å². The lowest BCUT2D eigenvalue weighted by Crippen LogP contribution is -2.24. The second-order valence-corrected chi connectivity index (χ2v) is 3.09. The van der Waals surface area contributed by atoms with Crippen LogP contribution in [-0.2, 0) is 13.1 Å². The maximum atomic E-state index is 10.3. The van der Waals surface area contributed by atoms with Gasteiger partial charge in [0.15, 0.2) is 0 Å². The standard InChI is InChI=1S/C10H12N2O4.ClH/c13-9(14)11-5-7-3-1-2-4-8(7)6-12-10(15)16;/h1-4,11-12H,5-6H2,(H,13,14)(H,15,16);1H. The molecule has 0 heterocycles. The molecular weight excluding hydrogens is 248 g/mol. The van der Waals surface area contributed by atoms with Gasteiger partial charge in [0.25, 0.3) is 0 Å². The first-order valence-electron chi connectivity index (χ1n) is 4.60. The molecule has 0 spiro atoms. The number of rotatable bonds is 4. The summed E-state index contributed by atoms with van der Waals surface area (Å²) in [7, 11) is 0. The van der Waals surface area contributed by atoms with Crippen molar-refractivity contribution in [1.82, 2.24) is 10.6 Å². The van der Waals surface area contributed by atoms with Gasteiger partial charge in [-0.25, -0.2) is 9.59 Å². The van der Waals surface area contributed by atoms with Gasteiger partial charge in [0, 0.05) is 13.1 Å². The molecule has 17 heavy (non-hydrogen) atoms. The lowest BCUT2D eigenvalue weighted by Gasteiger charge is -2.08. The zero-order chi connectivity index (χ0) is 12.0. The molecular formula is C10H13ClN2O4. The molecule has 1 aromatic carbocycles. The van der Waals surface area contributed by atoms with E-state index in [4.69, 9.17) is 10.2 Å². The molecule has 0 aliphatic heterocycles. The number of hydrogen-bond acceptors (Lipinski definition) is 2. The van der Waals surface area contributed by atoms with Gasteiger partial charge in [-0.1, -0.05) is 24.3 Å². The van der Waals surface area contributed by atoms with E-state index in [1.54, 1.807) is 24.3 Å². The van der Waals surface area contributed by atoms with Crippen LogP contribution >= 0.6 is 12.4 Å². The van der Waals surface area contributed by atoms with Crippen LogP contribution in [0.3, 0.4) is 0 Å². The van der Waals surface area contributed by atoms with Gasteiger partial charge < -0.3 is 20.8 Å². The van der Waals surface area contributed by atoms with E-state index in [9.17, 15) is 9.59 Å². The van der Waals surface area contributed by atoms with Crippen molar-refractivity contribution in [3.05, 3.63) is 35.4 Å². The molecule has 6 nitrogen and oxygen atoms in total. The summed E-state index contributed by atoms with van der Waals surface area (Å²) in [5.41, 5.74) is 1.50. The molecule has 94 valence electrons. The Morgan fingerprint density at radius 2 is 1.29 bits per heavy atom. The lowest BCUT2D eigenvalue weighted by molar-refractivity contribution is 0.192. The SMILES string of the molecule is Cl.O=C(O)NCc1ccccc1CNC(=O)O. The van der Waals surface area contributed by atoms with Crippen LogP contribution in [0.25, 0.3) is 0 Å². The van der Waals surface area contributed by atoms with Gasteiger partial charge in [-0.3, -0.25) is 0 Å². The minimum atomic E-state index is -1.11. The topological polar surface area (TPSA) is 98.7 Å². The van der Waals surface area contributed by atoms with Crippen molar-refractivity contribution >= 4 is 24.6 Å². The zero-order valence-corrected chi connectivity index (χ0v) is 9.66. The summed E-state index contributed by atoms with van der Waals surface area (Å²) in [6.07, 6.45) is -2.22. The van der Waals surface area contributed by atoms with Gasteiger partial charge in [0.1, 0.15) is 0 Å². The molecule has 4 N–H and O–H groups in total. The van der Waals surface area contributed by atoms with Crippen LogP contribution < -0.4 is 10.6 Å². The number of benzene rings is 1.